The van der Waals surface area contributed by atoms with Crippen molar-refractivity contribution in [2.24, 2.45) is 0 Å². The molecule has 1 saturated heterocycles. The molecule has 2 rings (SSSR count). The Morgan fingerprint density at radius 1 is 1.30 bits per heavy atom. The number of nitrogen functional groups attached to an aromatic ring is 1. The molecule has 2 unspecified atom stereocenters. The average Bonchev–Trinajstić information content (AvgIpc) is 2.34. The van der Waals surface area contributed by atoms with Crippen LogP contribution in [0, 0.1) is 0 Å². The van der Waals surface area contributed by atoms with Crippen LogP contribution < -0.4 is 5.73 Å². The Balaban J connectivity index is 0.000000204. The number of likely N-dealkylation sites (tertiary alicyclic amines) is 1. The maximum absolute atomic E-state index is 11.8. The van der Waals surface area contributed by atoms with Gasteiger partial charge in [-0.15, -0.1) is 0 Å². The summed E-state index contributed by atoms with van der Waals surface area (Å²) in [5, 5.41) is 18.1. The largest absolute Gasteiger partial charge is 0.434 e. The number of aromatic nitrogens is 2. The van der Waals surface area contributed by atoms with Gasteiger partial charge in [0.2, 0.25) is 0 Å². The van der Waals surface area contributed by atoms with Gasteiger partial charge in [0.1, 0.15) is 5.82 Å². The Kier molecular flexibility index (Phi) is 5.66. The molecule has 1 aromatic heterocycles. The third-order valence-corrected chi connectivity index (χ3v) is 2.69. The number of alkyl halides is 3. The van der Waals surface area contributed by atoms with Gasteiger partial charge in [0.05, 0.1) is 24.6 Å². The number of hydrogen-bond donors (Lipinski definition) is 3. The lowest BCUT2D eigenvalue weighted by molar-refractivity contribution is -0.141. The van der Waals surface area contributed by atoms with E-state index in [1.165, 1.54) is 0 Å². The molecule has 0 aromatic carbocycles. The van der Waals surface area contributed by atoms with E-state index in [4.69, 9.17) is 15.9 Å². The maximum Gasteiger partial charge on any atom is 0.434 e. The van der Waals surface area contributed by atoms with Crippen molar-refractivity contribution in [3.8, 4) is 0 Å². The molecule has 2 atom stereocenters. The van der Waals surface area contributed by atoms with Crippen molar-refractivity contribution >= 4 is 5.82 Å². The molecule has 9 heteroatoms. The van der Waals surface area contributed by atoms with Gasteiger partial charge >= 0.3 is 6.18 Å². The van der Waals surface area contributed by atoms with Gasteiger partial charge in [-0.05, 0) is 13.5 Å². The summed E-state index contributed by atoms with van der Waals surface area (Å²) in [5.74, 6) is -0.236. The van der Waals surface area contributed by atoms with Crippen molar-refractivity contribution in [2.75, 3.05) is 25.9 Å². The van der Waals surface area contributed by atoms with Crippen molar-refractivity contribution in [1.29, 1.82) is 0 Å². The smallest absolute Gasteiger partial charge is 0.390 e. The van der Waals surface area contributed by atoms with E-state index in [9.17, 15) is 13.2 Å². The Morgan fingerprint density at radius 2 is 1.95 bits per heavy atom. The van der Waals surface area contributed by atoms with E-state index in [-0.39, 0.29) is 5.82 Å². The van der Waals surface area contributed by atoms with Gasteiger partial charge in [-0.2, -0.15) is 13.2 Å². The van der Waals surface area contributed by atoms with E-state index in [2.05, 4.69) is 9.97 Å². The van der Waals surface area contributed by atoms with Crippen LogP contribution in [0.2, 0.25) is 0 Å². The standard InChI is InChI=1S/C6H13NO2.C5H4F3N3/c1-7-3-2-5(8)6(9)4-7;6-5(7,8)3-1-10-2-4(9)11-3/h5-6,8-9H,2-4H2,1H3;1-2H,(H2,9,11). The van der Waals surface area contributed by atoms with Crippen molar-refractivity contribution in [3.63, 3.8) is 0 Å². The van der Waals surface area contributed by atoms with Crippen molar-refractivity contribution in [3.05, 3.63) is 18.1 Å². The normalized spacial score (nSPS) is 23.9. The zero-order valence-corrected chi connectivity index (χ0v) is 10.9. The van der Waals surface area contributed by atoms with Crippen LogP contribution in [0.1, 0.15) is 12.1 Å². The Morgan fingerprint density at radius 3 is 2.35 bits per heavy atom. The molecule has 114 valence electrons. The number of nitrogens with zero attached hydrogens (tertiary/aromatic N) is 3. The summed E-state index contributed by atoms with van der Waals surface area (Å²) in [7, 11) is 1.94. The topological polar surface area (TPSA) is 95.5 Å². The highest BCUT2D eigenvalue weighted by Crippen LogP contribution is 2.26. The van der Waals surface area contributed by atoms with Gasteiger partial charge in [0.15, 0.2) is 5.69 Å². The molecular weight excluding hydrogens is 277 g/mol. The second kappa shape index (κ2) is 6.82. The van der Waals surface area contributed by atoms with Crippen LogP contribution in [0.5, 0.6) is 0 Å². The SMILES string of the molecule is CN1CCC(O)C(O)C1.Nc1cncc(C(F)(F)F)n1. The Hall–Kier alpha value is -1.45. The maximum atomic E-state index is 11.8. The molecule has 20 heavy (non-hydrogen) atoms. The lowest BCUT2D eigenvalue weighted by atomic mass is 10.1. The molecule has 1 fully saturated rings. The van der Waals surface area contributed by atoms with E-state index in [0.29, 0.717) is 19.2 Å². The molecule has 0 radical (unpaired) electrons. The molecule has 2 heterocycles. The molecule has 0 saturated carbocycles. The third kappa shape index (κ3) is 5.27. The molecule has 1 aliphatic heterocycles. The number of likely N-dealkylation sites (N-methyl/N-ethyl adjacent to an activating group) is 1. The molecule has 6 nitrogen and oxygen atoms in total. The summed E-state index contributed by atoms with van der Waals surface area (Å²) in [4.78, 5) is 8.29. The van der Waals surface area contributed by atoms with E-state index < -0.39 is 24.1 Å². The van der Waals surface area contributed by atoms with Crippen LogP contribution in [0.3, 0.4) is 0 Å². The summed E-state index contributed by atoms with van der Waals surface area (Å²) < 4.78 is 35.4. The Bertz CT molecular complexity index is 430. The van der Waals surface area contributed by atoms with Crippen molar-refractivity contribution in [2.45, 2.75) is 24.8 Å². The molecule has 1 aliphatic rings. The first-order chi connectivity index (χ1) is 9.20. The number of aliphatic hydroxyl groups is 2. The molecule has 1 aromatic rings. The highest BCUT2D eigenvalue weighted by atomic mass is 19.4. The van der Waals surface area contributed by atoms with Crippen LogP contribution in [0.4, 0.5) is 19.0 Å². The lowest BCUT2D eigenvalue weighted by Gasteiger charge is -2.30. The lowest BCUT2D eigenvalue weighted by Crippen LogP contribution is -2.44. The number of hydrogen-bond acceptors (Lipinski definition) is 6. The highest BCUT2D eigenvalue weighted by molar-refractivity contribution is 5.24. The quantitative estimate of drug-likeness (QED) is 0.629. The zero-order chi connectivity index (χ0) is 15.3. The van der Waals surface area contributed by atoms with Crippen LogP contribution in [0.25, 0.3) is 0 Å². The predicted octanol–water partition coefficient (Wildman–Crippen LogP) is 0.121. The average molecular weight is 294 g/mol. The van der Waals surface area contributed by atoms with E-state index in [0.717, 1.165) is 12.7 Å². The van der Waals surface area contributed by atoms with Gasteiger partial charge in [-0.3, -0.25) is 4.98 Å². The van der Waals surface area contributed by atoms with E-state index in [1.807, 2.05) is 11.9 Å². The van der Waals surface area contributed by atoms with Crippen LogP contribution >= 0.6 is 0 Å². The fourth-order valence-corrected chi connectivity index (χ4v) is 1.59. The monoisotopic (exact) mass is 294 g/mol. The molecular formula is C11H17F3N4O2. The van der Waals surface area contributed by atoms with Gasteiger partial charge in [-0.25, -0.2) is 4.98 Å². The summed E-state index contributed by atoms with van der Waals surface area (Å²) in [6, 6.07) is 0. The number of halogens is 3. The second-order valence-corrected chi connectivity index (χ2v) is 4.51. The van der Waals surface area contributed by atoms with Gasteiger partial charge in [0.25, 0.3) is 0 Å². The van der Waals surface area contributed by atoms with Crippen LogP contribution in [0.15, 0.2) is 12.4 Å². The minimum Gasteiger partial charge on any atom is -0.390 e. The van der Waals surface area contributed by atoms with E-state index in [1.54, 1.807) is 0 Å². The first-order valence-electron chi connectivity index (χ1n) is 5.89. The molecule has 4 N–H and O–H groups in total. The number of piperidine rings is 1. The van der Waals surface area contributed by atoms with E-state index >= 15 is 0 Å². The number of aliphatic hydroxyl groups excluding tert-OH is 2. The molecule has 0 bridgehead atoms. The summed E-state index contributed by atoms with van der Waals surface area (Å²) in [6.07, 6.45) is -3.14. The zero-order valence-electron chi connectivity index (χ0n) is 10.9. The first kappa shape index (κ1) is 16.6. The van der Waals surface area contributed by atoms with Crippen LogP contribution in [-0.2, 0) is 6.18 Å². The fraction of sp³-hybridized carbons (Fsp3) is 0.636. The summed E-state index contributed by atoms with van der Waals surface area (Å²) in [5.41, 5.74) is 3.91. The molecule has 0 spiro atoms. The fourth-order valence-electron chi connectivity index (χ4n) is 1.59. The van der Waals surface area contributed by atoms with Gasteiger partial charge < -0.3 is 20.8 Å². The number of rotatable bonds is 0. The second-order valence-electron chi connectivity index (χ2n) is 4.51. The van der Waals surface area contributed by atoms with Crippen molar-refractivity contribution < 1.29 is 23.4 Å². The number of nitrogens with two attached hydrogens (primary N) is 1. The number of β-amino-alcohol motifs (C(OH)–C–C–N with tert-alkyl or cyclic N) is 1. The van der Waals surface area contributed by atoms with Gasteiger partial charge in [0, 0.05) is 13.1 Å². The summed E-state index contributed by atoms with van der Waals surface area (Å²) in [6.45, 7) is 1.49. The highest BCUT2D eigenvalue weighted by Gasteiger charge is 2.32. The number of anilines is 1. The summed E-state index contributed by atoms with van der Waals surface area (Å²) >= 11 is 0. The minimum atomic E-state index is -4.47. The first-order valence-corrected chi connectivity index (χ1v) is 5.89. The molecule has 0 amide bonds. The molecule has 0 aliphatic carbocycles. The van der Waals surface area contributed by atoms with Gasteiger partial charge in [-0.1, -0.05) is 0 Å². The van der Waals surface area contributed by atoms with Crippen LogP contribution in [-0.4, -0.2) is 57.4 Å². The Labute approximate surface area is 114 Å². The third-order valence-electron chi connectivity index (χ3n) is 2.69. The van der Waals surface area contributed by atoms with Crippen molar-refractivity contribution in [1.82, 2.24) is 14.9 Å². The minimum absolute atomic E-state index is 0.236. The predicted molar refractivity (Wildman–Crippen MR) is 65.6 cm³/mol.